The van der Waals surface area contributed by atoms with E-state index in [1.54, 1.807) is 31.4 Å². The number of alkyl halides is 3. The number of fused-ring (bicyclic) bond motifs is 1. The Hall–Kier alpha value is -2.81. The number of amides is 1. The lowest BCUT2D eigenvalue weighted by Crippen LogP contribution is -2.25. The first kappa shape index (κ1) is 19.0. The summed E-state index contributed by atoms with van der Waals surface area (Å²) in [5.41, 5.74) is -0.591. The lowest BCUT2D eigenvalue weighted by molar-refractivity contribution is -0.136. The van der Waals surface area contributed by atoms with Gasteiger partial charge in [-0.3, -0.25) is 9.20 Å². The molecule has 10 heteroatoms. The van der Waals surface area contributed by atoms with Crippen molar-refractivity contribution >= 4 is 23.2 Å². The molecule has 2 heterocycles. The van der Waals surface area contributed by atoms with Crippen molar-refractivity contribution in [3.05, 3.63) is 58.5 Å². The van der Waals surface area contributed by atoms with Crippen LogP contribution in [0.1, 0.15) is 17.0 Å². The van der Waals surface area contributed by atoms with E-state index in [1.807, 2.05) is 0 Å². The highest BCUT2D eigenvalue weighted by molar-refractivity contribution is 6.30. The van der Waals surface area contributed by atoms with Gasteiger partial charge in [0.15, 0.2) is 11.5 Å². The minimum atomic E-state index is -4.62. The maximum atomic E-state index is 13.1. The molecule has 3 aromatic rings. The van der Waals surface area contributed by atoms with E-state index in [0.29, 0.717) is 5.75 Å². The van der Waals surface area contributed by atoms with Gasteiger partial charge >= 0.3 is 6.18 Å². The quantitative estimate of drug-likeness (QED) is 0.716. The van der Waals surface area contributed by atoms with E-state index in [9.17, 15) is 18.0 Å². The van der Waals surface area contributed by atoms with Gasteiger partial charge in [0.2, 0.25) is 5.91 Å². The fraction of sp³-hybridized carbons (Fsp3) is 0.235. The lowest BCUT2D eigenvalue weighted by Gasteiger charge is -2.09. The van der Waals surface area contributed by atoms with E-state index in [1.165, 1.54) is 6.20 Å². The second kappa shape index (κ2) is 7.43. The second-order valence-electron chi connectivity index (χ2n) is 5.68. The molecule has 0 atom stereocenters. The average Bonchev–Trinajstić information content (AvgIpc) is 3.01. The van der Waals surface area contributed by atoms with Gasteiger partial charge in [0.05, 0.1) is 25.1 Å². The molecule has 2 aromatic heterocycles. The van der Waals surface area contributed by atoms with Gasteiger partial charge in [-0.05, 0) is 23.8 Å². The molecule has 0 aliphatic heterocycles. The number of halogens is 4. The summed E-state index contributed by atoms with van der Waals surface area (Å²) in [6.45, 7) is -0.0895. The zero-order chi connectivity index (χ0) is 19.6. The predicted molar refractivity (Wildman–Crippen MR) is 91.5 cm³/mol. The molecule has 1 aromatic carbocycles. The van der Waals surface area contributed by atoms with Crippen molar-refractivity contribution < 1.29 is 22.7 Å². The number of nitrogens with one attached hydrogen (secondary N) is 1. The van der Waals surface area contributed by atoms with Crippen LogP contribution in [-0.4, -0.2) is 27.6 Å². The van der Waals surface area contributed by atoms with E-state index in [-0.39, 0.29) is 35.4 Å². The third kappa shape index (κ3) is 4.30. The monoisotopic (exact) mass is 398 g/mol. The highest BCUT2D eigenvalue weighted by Crippen LogP contribution is 2.33. The van der Waals surface area contributed by atoms with E-state index in [0.717, 1.165) is 16.0 Å². The Bertz CT molecular complexity index is 971. The minimum Gasteiger partial charge on any atom is -0.497 e. The van der Waals surface area contributed by atoms with Gasteiger partial charge in [0, 0.05) is 6.20 Å². The zero-order valence-electron chi connectivity index (χ0n) is 14.0. The van der Waals surface area contributed by atoms with Crippen LogP contribution in [0.2, 0.25) is 5.02 Å². The number of carbonyl (C=O) groups is 1. The average molecular weight is 399 g/mol. The smallest absolute Gasteiger partial charge is 0.420 e. The first-order chi connectivity index (χ1) is 12.8. The molecule has 6 nitrogen and oxygen atoms in total. The maximum Gasteiger partial charge on any atom is 0.420 e. The summed E-state index contributed by atoms with van der Waals surface area (Å²) >= 11 is 5.78. The molecular formula is C17H14ClF3N4O2. The summed E-state index contributed by atoms with van der Waals surface area (Å²) in [4.78, 5) is 12.1. The van der Waals surface area contributed by atoms with Crippen LogP contribution < -0.4 is 10.1 Å². The topological polar surface area (TPSA) is 68.5 Å². The Morgan fingerprint density at radius 1 is 1.26 bits per heavy atom. The van der Waals surface area contributed by atoms with Crippen molar-refractivity contribution in [3.8, 4) is 5.75 Å². The molecule has 142 valence electrons. The molecular weight excluding hydrogens is 385 g/mol. The first-order valence-electron chi connectivity index (χ1n) is 7.78. The Labute approximate surface area is 156 Å². The summed E-state index contributed by atoms with van der Waals surface area (Å²) in [5, 5.41) is 9.82. The zero-order valence-corrected chi connectivity index (χ0v) is 14.8. The highest BCUT2D eigenvalue weighted by atomic mass is 35.5. The van der Waals surface area contributed by atoms with E-state index < -0.39 is 11.7 Å². The second-order valence-corrected chi connectivity index (χ2v) is 6.12. The molecule has 3 rings (SSSR count). The molecule has 0 bridgehead atoms. The molecule has 0 aliphatic carbocycles. The molecule has 0 unspecified atom stereocenters. The summed E-state index contributed by atoms with van der Waals surface area (Å²) < 4.78 is 45.5. The van der Waals surface area contributed by atoms with Gasteiger partial charge in [-0.1, -0.05) is 23.7 Å². The number of hydrogen-bond donors (Lipinski definition) is 1. The Morgan fingerprint density at radius 2 is 1.96 bits per heavy atom. The van der Waals surface area contributed by atoms with E-state index in [4.69, 9.17) is 16.3 Å². The van der Waals surface area contributed by atoms with Gasteiger partial charge in [0.25, 0.3) is 0 Å². The number of benzene rings is 1. The van der Waals surface area contributed by atoms with Crippen LogP contribution in [0, 0.1) is 0 Å². The number of carbonyl (C=O) groups excluding carboxylic acids is 1. The molecule has 0 aliphatic rings. The highest BCUT2D eigenvalue weighted by Gasteiger charge is 2.35. The molecule has 1 N–H and O–H groups in total. The first-order valence-corrected chi connectivity index (χ1v) is 8.15. The van der Waals surface area contributed by atoms with Crippen LogP contribution in [0.25, 0.3) is 5.65 Å². The van der Waals surface area contributed by atoms with Crippen LogP contribution in [0.3, 0.4) is 0 Å². The number of methoxy groups -OCH3 is 1. The largest absolute Gasteiger partial charge is 0.497 e. The standard InChI is InChI=1S/C17H14ClF3N4O2/c1-27-12-4-2-10(3-5-12)6-15(26)22-8-14-23-24-16-13(17(19,20)21)7-11(18)9-25(14)16/h2-5,7,9H,6,8H2,1H3,(H,22,26). The van der Waals surface area contributed by atoms with Crippen molar-refractivity contribution in [2.75, 3.05) is 7.11 Å². The normalized spacial score (nSPS) is 11.6. The number of nitrogens with zero attached hydrogens (tertiary/aromatic N) is 3. The maximum absolute atomic E-state index is 13.1. The molecule has 0 spiro atoms. The van der Waals surface area contributed by atoms with Crippen molar-refractivity contribution in [1.82, 2.24) is 19.9 Å². The van der Waals surface area contributed by atoms with Crippen LogP contribution in [0.15, 0.2) is 36.5 Å². The van der Waals surface area contributed by atoms with Crippen LogP contribution >= 0.6 is 11.6 Å². The fourth-order valence-corrected chi connectivity index (χ4v) is 2.71. The summed E-state index contributed by atoms with van der Waals surface area (Å²) in [6, 6.07) is 7.75. The molecule has 27 heavy (non-hydrogen) atoms. The number of rotatable bonds is 5. The Morgan fingerprint density at radius 3 is 2.59 bits per heavy atom. The van der Waals surface area contributed by atoms with Crippen molar-refractivity contribution in [3.63, 3.8) is 0 Å². The number of aromatic nitrogens is 3. The molecule has 0 radical (unpaired) electrons. The molecule has 0 fully saturated rings. The summed E-state index contributed by atoms with van der Waals surface area (Å²) in [6.07, 6.45) is -3.24. The SMILES string of the molecule is COc1ccc(CC(=O)NCc2nnc3c(C(F)(F)F)cc(Cl)cn23)cc1. The van der Waals surface area contributed by atoms with Gasteiger partial charge in [0.1, 0.15) is 11.3 Å². The van der Waals surface area contributed by atoms with Gasteiger partial charge in [-0.25, -0.2) is 0 Å². The van der Waals surface area contributed by atoms with Gasteiger partial charge in [-0.2, -0.15) is 13.2 Å². The third-order valence-corrected chi connectivity index (χ3v) is 4.02. The molecule has 0 saturated heterocycles. The van der Waals surface area contributed by atoms with Gasteiger partial charge in [-0.15, -0.1) is 10.2 Å². The fourth-order valence-electron chi connectivity index (χ4n) is 2.50. The summed E-state index contributed by atoms with van der Waals surface area (Å²) in [5.74, 6) is 0.502. The molecule has 1 amide bonds. The summed E-state index contributed by atoms with van der Waals surface area (Å²) in [7, 11) is 1.54. The Balaban J connectivity index is 1.73. The number of ether oxygens (including phenoxy) is 1. The molecule has 0 saturated carbocycles. The van der Waals surface area contributed by atoms with Crippen LogP contribution in [-0.2, 0) is 23.9 Å². The number of hydrogen-bond acceptors (Lipinski definition) is 4. The minimum absolute atomic E-state index is 0.0895. The third-order valence-electron chi connectivity index (χ3n) is 3.81. The van der Waals surface area contributed by atoms with Gasteiger partial charge < -0.3 is 10.1 Å². The number of pyridine rings is 1. The van der Waals surface area contributed by atoms with Crippen LogP contribution in [0.4, 0.5) is 13.2 Å². The van der Waals surface area contributed by atoms with Crippen molar-refractivity contribution in [2.45, 2.75) is 19.1 Å². The van der Waals surface area contributed by atoms with Crippen molar-refractivity contribution in [2.24, 2.45) is 0 Å². The van der Waals surface area contributed by atoms with Crippen LogP contribution in [0.5, 0.6) is 5.75 Å². The van der Waals surface area contributed by atoms with E-state index in [2.05, 4.69) is 15.5 Å². The van der Waals surface area contributed by atoms with Crippen molar-refractivity contribution in [1.29, 1.82) is 0 Å². The predicted octanol–water partition coefficient (Wildman–Crippen LogP) is 3.27. The van der Waals surface area contributed by atoms with E-state index >= 15 is 0 Å². The Kier molecular flexibility index (Phi) is 5.22. The lowest BCUT2D eigenvalue weighted by atomic mass is 10.1.